The number of likely N-dealkylation sites (tertiary alicyclic amines) is 2. The minimum Gasteiger partial charge on any atom is -0.492 e. The highest BCUT2D eigenvalue weighted by Gasteiger charge is 2.38. The largest absolute Gasteiger partial charge is 0.492 e. The van der Waals surface area contributed by atoms with Gasteiger partial charge in [0.25, 0.3) is 0 Å². The Morgan fingerprint density at radius 1 is 1.30 bits per heavy atom. The lowest BCUT2D eigenvalue weighted by atomic mass is 9.87. The van der Waals surface area contributed by atoms with Gasteiger partial charge in [-0.1, -0.05) is 18.5 Å². The molecule has 0 bridgehead atoms. The average molecular weight is 440 g/mol. The van der Waals surface area contributed by atoms with Crippen molar-refractivity contribution >= 4 is 23.5 Å². The Morgan fingerprint density at radius 2 is 2.07 bits per heavy atom. The molecule has 3 fully saturated rings. The number of fused-ring (bicyclic) bond motifs is 1. The molecule has 1 aromatic rings. The second-order valence-corrected chi connectivity index (χ2v) is 8.81. The Morgan fingerprint density at radius 3 is 2.83 bits per heavy atom. The number of nitrogens with one attached hydrogen (secondary N) is 1. The van der Waals surface area contributed by atoms with Crippen LogP contribution in [0, 0.1) is 17.7 Å². The first-order valence-corrected chi connectivity index (χ1v) is 10.8. The van der Waals surface area contributed by atoms with Gasteiger partial charge in [0.2, 0.25) is 5.91 Å². The zero-order valence-electron chi connectivity index (χ0n) is 17.0. The molecule has 4 atom stereocenters. The zero-order valence-corrected chi connectivity index (χ0v) is 17.7. The van der Waals surface area contributed by atoms with Crippen molar-refractivity contribution in [3.63, 3.8) is 0 Å². The van der Waals surface area contributed by atoms with Gasteiger partial charge in [0, 0.05) is 26.2 Å². The number of nitrogens with zero attached hydrogens (tertiary/aromatic N) is 2. The fourth-order valence-electron chi connectivity index (χ4n) is 4.48. The molecule has 0 saturated carbocycles. The SMILES string of the molecule is C[C@H]1CN(C(=O)N2CC[C@@H]3OCC(=O)N[C@@H]3C2)CC[C@H]1COc1ccc(F)cc1Cl. The van der Waals surface area contributed by atoms with E-state index in [2.05, 4.69) is 12.2 Å². The summed E-state index contributed by atoms with van der Waals surface area (Å²) in [5.41, 5.74) is 0. The van der Waals surface area contributed by atoms with Crippen LogP contribution in [0.15, 0.2) is 18.2 Å². The third-order valence-corrected chi connectivity index (χ3v) is 6.59. The Hall–Kier alpha value is -2.06. The van der Waals surface area contributed by atoms with E-state index in [-0.39, 0.29) is 47.5 Å². The summed E-state index contributed by atoms with van der Waals surface area (Å²) in [5, 5.41) is 3.20. The number of morpholine rings is 1. The van der Waals surface area contributed by atoms with E-state index in [0.29, 0.717) is 38.5 Å². The Bertz CT molecular complexity index is 810. The standard InChI is InChI=1S/C21H27ClFN3O4/c1-13-9-25(6-4-14(13)11-29-18-3-2-15(23)8-16(18)22)21(28)26-7-5-19-17(10-26)24-20(27)12-30-19/h2-3,8,13-14,17,19H,4-7,9-12H2,1H3,(H,24,27)/t13-,14-,17+,19-/m0/s1. The molecule has 30 heavy (non-hydrogen) atoms. The van der Waals surface area contributed by atoms with Crippen LogP contribution >= 0.6 is 11.6 Å². The van der Waals surface area contributed by atoms with Crippen LogP contribution in [0.1, 0.15) is 19.8 Å². The van der Waals surface area contributed by atoms with Gasteiger partial charge in [0.1, 0.15) is 18.2 Å². The van der Waals surface area contributed by atoms with Gasteiger partial charge < -0.3 is 24.6 Å². The minimum absolute atomic E-state index is 0.00755. The molecule has 3 heterocycles. The van der Waals surface area contributed by atoms with Gasteiger partial charge in [-0.05, 0) is 42.9 Å². The van der Waals surface area contributed by atoms with E-state index in [1.165, 1.54) is 12.1 Å². The fraction of sp³-hybridized carbons (Fsp3) is 0.619. The van der Waals surface area contributed by atoms with Crippen molar-refractivity contribution in [3.8, 4) is 5.75 Å². The Kier molecular flexibility index (Phi) is 6.34. The summed E-state index contributed by atoms with van der Waals surface area (Å²) >= 11 is 6.03. The molecule has 4 rings (SSSR count). The van der Waals surface area contributed by atoms with Crippen LogP contribution in [0.2, 0.25) is 5.02 Å². The van der Waals surface area contributed by atoms with Crippen molar-refractivity contribution in [2.24, 2.45) is 11.8 Å². The smallest absolute Gasteiger partial charge is 0.320 e. The molecule has 0 unspecified atom stereocenters. The van der Waals surface area contributed by atoms with Crippen LogP contribution in [0.25, 0.3) is 0 Å². The Labute approximate surface area is 180 Å². The molecule has 3 aliphatic rings. The maximum atomic E-state index is 13.2. The molecule has 164 valence electrons. The summed E-state index contributed by atoms with van der Waals surface area (Å²) < 4.78 is 24.6. The highest BCUT2D eigenvalue weighted by Crippen LogP contribution is 2.29. The summed E-state index contributed by atoms with van der Waals surface area (Å²) in [6.07, 6.45) is 1.55. The highest BCUT2D eigenvalue weighted by atomic mass is 35.5. The summed E-state index contributed by atoms with van der Waals surface area (Å²) in [4.78, 5) is 28.3. The first kappa shape index (κ1) is 21.2. The quantitative estimate of drug-likeness (QED) is 0.785. The van der Waals surface area contributed by atoms with Crippen LogP contribution in [0.3, 0.4) is 0 Å². The van der Waals surface area contributed by atoms with E-state index in [1.54, 1.807) is 6.07 Å². The van der Waals surface area contributed by atoms with E-state index in [4.69, 9.17) is 21.1 Å². The Balaban J connectivity index is 1.28. The lowest BCUT2D eigenvalue weighted by molar-refractivity contribution is -0.139. The third kappa shape index (κ3) is 4.64. The van der Waals surface area contributed by atoms with Gasteiger partial charge in [-0.25, -0.2) is 9.18 Å². The average Bonchev–Trinajstić information content (AvgIpc) is 2.72. The zero-order chi connectivity index (χ0) is 21.3. The van der Waals surface area contributed by atoms with Gasteiger partial charge in [0.05, 0.1) is 23.8 Å². The number of amides is 3. The van der Waals surface area contributed by atoms with Crippen molar-refractivity contribution in [3.05, 3.63) is 29.0 Å². The lowest BCUT2D eigenvalue weighted by Crippen LogP contribution is -2.62. The molecule has 0 radical (unpaired) electrons. The van der Waals surface area contributed by atoms with E-state index < -0.39 is 5.82 Å². The molecule has 1 aromatic carbocycles. The molecule has 9 heteroatoms. The number of urea groups is 1. The van der Waals surface area contributed by atoms with Crippen LogP contribution in [-0.2, 0) is 9.53 Å². The number of carbonyl (C=O) groups is 2. The van der Waals surface area contributed by atoms with Crippen molar-refractivity contribution in [1.29, 1.82) is 0 Å². The second-order valence-electron chi connectivity index (χ2n) is 8.40. The van der Waals surface area contributed by atoms with Crippen molar-refractivity contribution in [2.75, 3.05) is 39.4 Å². The summed E-state index contributed by atoms with van der Waals surface area (Å²) in [6.45, 7) is 5.11. The molecule has 0 spiro atoms. The molecular weight excluding hydrogens is 413 g/mol. The molecule has 0 aromatic heterocycles. The van der Waals surface area contributed by atoms with Gasteiger partial charge in [-0.15, -0.1) is 0 Å². The number of hydrogen-bond acceptors (Lipinski definition) is 4. The number of carbonyl (C=O) groups excluding carboxylic acids is 2. The van der Waals surface area contributed by atoms with Crippen molar-refractivity contribution in [2.45, 2.75) is 31.9 Å². The van der Waals surface area contributed by atoms with Gasteiger partial charge in [0.15, 0.2) is 0 Å². The predicted octanol–water partition coefficient (Wildman–Crippen LogP) is 2.53. The van der Waals surface area contributed by atoms with E-state index in [1.807, 2.05) is 9.80 Å². The van der Waals surface area contributed by atoms with E-state index >= 15 is 0 Å². The van der Waals surface area contributed by atoms with E-state index in [9.17, 15) is 14.0 Å². The van der Waals surface area contributed by atoms with Gasteiger partial charge >= 0.3 is 6.03 Å². The highest BCUT2D eigenvalue weighted by molar-refractivity contribution is 6.32. The number of hydrogen-bond donors (Lipinski definition) is 1. The molecule has 3 aliphatic heterocycles. The van der Waals surface area contributed by atoms with Crippen LogP contribution in [-0.4, -0.2) is 73.3 Å². The van der Waals surface area contributed by atoms with Crippen molar-refractivity contribution < 1.29 is 23.5 Å². The third-order valence-electron chi connectivity index (χ3n) is 6.30. The van der Waals surface area contributed by atoms with E-state index in [0.717, 1.165) is 12.8 Å². The summed E-state index contributed by atoms with van der Waals surface area (Å²) in [6, 6.07) is 3.99. The molecule has 3 amide bonds. The molecule has 3 saturated heterocycles. The second kappa shape index (κ2) is 8.98. The van der Waals surface area contributed by atoms with Crippen LogP contribution in [0.4, 0.5) is 9.18 Å². The molecule has 0 aliphatic carbocycles. The normalized spacial score (nSPS) is 29.2. The molecule has 1 N–H and O–H groups in total. The first-order valence-electron chi connectivity index (χ1n) is 10.4. The first-order chi connectivity index (χ1) is 14.4. The minimum atomic E-state index is -0.393. The number of piperidine rings is 2. The van der Waals surface area contributed by atoms with Crippen LogP contribution < -0.4 is 10.1 Å². The number of rotatable bonds is 3. The summed E-state index contributed by atoms with van der Waals surface area (Å²) in [5.74, 6) is 0.504. The maximum Gasteiger partial charge on any atom is 0.320 e. The maximum absolute atomic E-state index is 13.2. The number of benzene rings is 1. The molecule has 7 nitrogen and oxygen atoms in total. The topological polar surface area (TPSA) is 71.1 Å². The summed E-state index contributed by atoms with van der Waals surface area (Å²) in [7, 11) is 0. The predicted molar refractivity (Wildman–Crippen MR) is 109 cm³/mol. The fourth-order valence-corrected chi connectivity index (χ4v) is 4.70. The number of ether oxygens (including phenoxy) is 2. The molecular formula is C21H27ClFN3O4. The monoisotopic (exact) mass is 439 g/mol. The van der Waals surface area contributed by atoms with Gasteiger partial charge in [-0.2, -0.15) is 0 Å². The van der Waals surface area contributed by atoms with Crippen molar-refractivity contribution in [1.82, 2.24) is 15.1 Å². The van der Waals surface area contributed by atoms with Gasteiger partial charge in [-0.3, -0.25) is 4.79 Å². The van der Waals surface area contributed by atoms with Crippen LogP contribution in [0.5, 0.6) is 5.75 Å². The lowest BCUT2D eigenvalue weighted by Gasteiger charge is -2.44. The number of halogens is 2.